The van der Waals surface area contributed by atoms with Gasteiger partial charge in [0.2, 0.25) is 5.91 Å². The van der Waals surface area contributed by atoms with Gasteiger partial charge in [-0.05, 0) is 62.1 Å². The molecule has 2 fully saturated rings. The summed E-state index contributed by atoms with van der Waals surface area (Å²) in [5, 5.41) is 4.11. The molecule has 2 aromatic carbocycles. The number of rotatable bonds is 7. The Labute approximate surface area is 211 Å². The van der Waals surface area contributed by atoms with Crippen LogP contribution in [0.15, 0.2) is 59.5 Å². The van der Waals surface area contributed by atoms with Gasteiger partial charge in [-0.25, -0.2) is 0 Å². The molecule has 0 radical (unpaired) electrons. The molecule has 1 heterocycles. The number of likely N-dealkylation sites (N-methyl/N-ethyl adjacent to an activating group) is 2. The van der Waals surface area contributed by atoms with Crippen LogP contribution in [0.2, 0.25) is 5.02 Å². The van der Waals surface area contributed by atoms with Gasteiger partial charge in [0, 0.05) is 54.6 Å². The molecule has 4 rings (SSSR count). The standard InChI is InChI=1S/C27H32ClN3O2S/c1-3-31(22-10-5-4-6-11-22)15-14-29-26(32)20-12-13-24-23(18-20)30(2)27(33)25(34-24)17-19-8-7-9-21(28)16-19/h4-11,16-17,20,23-24H,3,12-15,18H2,1-2H3,(H,29,32)/b25-17-. The third-order valence-electron chi connectivity index (χ3n) is 6.76. The molecule has 1 saturated heterocycles. The maximum Gasteiger partial charge on any atom is 0.260 e. The number of amides is 2. The SMILES string of the molecule is CCN(CCNC(=O)C1CCC2S/C(=C\c3cccc(Cl)c3)C(=O)N(C)C2C1)c1ccccc1. The van der Waals surface area contributed by atoms with Crippen LogP contribution in [-0.4, -0.2) is 54.7 Å². The van der Waals surface area contributed by atoms with Crippen LogP contribution in [-0.2, 0) is 9.59 Å². The van der Waals surface area contributed by atoms with Crippen LogP contribution in [0.4, 0.5) is 5.69 Å². The van der Waals surface area contributed by atoms with Crippen molar-refractivity contribution in [3.63, 3.8) is 0 Å². The minimum Gasteiger partial charge on any atom is -0.370 e. The lowest BCUT2D eigenvalue weighted by molar-refractivity contribution is -0.131. The van der Waals surface area contributed by atoms with E-state index in [0.717, 1.165) is 36.4 Å². The molecular formula is C27H32ClN3O2S. The van der Waals surface area contributed by atoms with E-state index in [1.165, 1.54) is 5.69 Å². The number of hydrogen-bond donors (Lipinski definition) is 1. The lowest BCUT2D eigenvalue weighted by Gasteiger charge is -2.44. The molecule has 7 heteroatoms. The van der Waals surface area contributed by atoms with Crippen molar-refractivity contribution in [3.8, 4) is 0 Å². The van der Waals surface area contributed by atoms with E-state index in [1.807, 2.05) is 60.5 Å². The number of anilines is 1. The van der Waals surface area contributed by atoms with Crippen molar-refractivity contribution in [2.45, 2.75) is 37.5 Å². The fraction of sp³-hybridized carbons (Fsp3) is 0.407. The molecule has 34 heavy (non-hydrogen) atoms. The second-order valence-electron chi connectivity index (χ2n) is 8.92. The number of nitrogens with zero attached hydrogens (tertiary/aromatic N) is 2. The maximum atomic E-state index is 13.1. The first kappa shape index (κ1) is 24.7. The van der Waals surface area contributed by atoms with E-state index in [-0.39, 0.29) is 23.8 Å². The van der Waals surface area contributed by atoms with Crippen LogP contribution in [0.5, 0.6) is 0 Å². The van der Waals surface area contributed by atoms with Crippen molar-refractivity contribution in [1.29, 1.82) is 0 Å². The fourth-order valence-corrected chi connectivity index (χ4v) is 6.53. The highest BCUT2D eigenvalue weighted by Crippen LogP contribution is 2.43. The quantitative estimate of drug-likeness (QED) is 0.543. The Morgan fingerprint density at radius 2 is 2.00 bits per heavy atom. The number of benzene rings is 2. The van der Waals surface area contributed by atoms with Gasteiger partial charge in [0.25, 0.3) is 5.91 Å². The number of carbonyl (C=O) groups excluding carboxylic acids is 2. The average Bonchev–Trinajstić information content (AvgIpc) is 2.85. The number of para-hydroxylation sites is 1. The number of fused-ring (bicyclic) bond motifs is 1. The summed E-state index contributed by atoms with van der Waals surface area (Å²) < 4.78 is 0. The second kappa shape index (κ2) is 11.3. The molecule has 2 aliphatic rings. The highest BCUT2D eigenvalue weighted by atomic mass is 35.5. The molecular weight excluding hydrogens is 466 g/mol. The third kappa shape index (κ3) is 5.78. The van der Waals surface area contributed by atoms with Gasteiger partial charge >= 0.3 is 0 Å². The first-order chi connectivity index (χ1) is 16.5. The van der Waals surface area contributed by atoms with Crippen LogP contribution in [0, 0.1) is 5.92 Å². The number of thioether (sulfide) groups is 1. The molecule has 1 aliphatic carbocycles. The Morgan fingerprint density at radius 3 is 2.74 bits per heavy atom. The summed E-state index contributed by atoms with van der Waals surface area (Å²) in [6.45, 7) is 4.40. The summed E-state index contributed by atoms with van der Waals surface area (Å²) in [5.74, 6) is 0.0739. The number of hydrogen-bond acceptors (Lipinski definition) is 4. The summed E-state index contributed by atoms with van der Waals surface area (Å²) in [7, 11) is 1.87. The summed E-state index contributed by atoms with van der Waals surface area (Å²) in [4.78, 5) is 30.8. The molecule has 0 aromatic heterocycles. The molecule has 5 nitrogen and oxygen atoms in total. The van der Waals surface area contributed by atoms with Crippen LogP contribution in [0.3, 0.4) is 0 Å². The molecule has 180 valence electrons. The van der Waals surface area contributed by atoms with Gasteiger partial charge in [-0.15, -0.1) is 11.8 Å². The van der Waals surface area contributed by atoms with E-state index in [2.05, 4.69) is 29.3 Å². The molecule has 2 amide bonds. The Hall–Kier alpha value is -2.44. The zero-order chi connectivity index (χ0) is 24.1. The van der Waals surface area contributed by atoms with Gasteiger partial charge in [-0.3, -0.25) is 9.59 Å². The molecule has 3 unspecified atom stereocenters. The number of nitrogens with one attached hydrogen (secondary N) is 1. The maximum absolute atomic E-state index is 13.1. The van der Waals surface area contributed by atoms with Crippen molar-refractivity contribution < 1.29 is 9.59 Å². The lowest BCUT2D eigenvalue weighted by atomic mass is 9.83. The summed E-state index contributed by atoms with van der Waals surface area (Å²) in [6, 6.07) is 17.9. The van der Waals surface area contributed by atoms with Crippen LogP contribution >= 0.6 is 23.4 Å². The van der Waals surface area contributed by atoms with E-state index in [0.29, 0.717) is 23.2 Å². The Balaban J connectivity index is 1.32. The van der Waals surface area contributed by atoms with Crippen molar-refractivity contribution >= 4 is 46.9 Å². The minimum atomic E-state index is -0.0534. The molecule has 1 aliphatic heterocycles. The molecule has 0 bridgehead atoms. The predicted molar refractivity (Wildman–Crippen MR) is 142 cm³/mol. The zero-order valence-electron chi connectivity index (χ0n) is 19.7. The van der Waals surface area contributed by atoms with Crippen molar-refractivity contribution in [2.24, 2.45) is 5.92 Å². The van der Waals surface area contributed by atoms with Crippen LogP contribution in [0.1, 0.15) is 31.7 Å². The smallest absolute Gasteiger partial charge is 0.260 e. The topological polar surface area (TPSA) is 52.7 Å². The molecule has 0 spiro atoms. The third-order valence-corrected chi connectivity index (χ3v) is 8.40. The van der Waals surface area contributed by atoms with E-state index in [4.69, 9.17) is 11.6 Å². The summed E-state index contributed by atoms with van der Waals surface area (Å²) in [6.07, 6.45) is 4.41. The normalized spacial score (nSPS) is 23.5. The van der Waals surface area contributed by atoms with E-state index < -0.39 is 0 Å². The summed E-state index contributed by atoms with van der Waals surface area (Å²) in [5.41, 5.74) is 2.10. The first-order valence-electron chi connectivity index (χ1n) is 11.9. The zero-order valence-corrected chi connectivity index (χ0v) is 21.3. The second-order valence-corrected chi connectivity index (χ2v) is 10.6. The first-order valence-corrected chi connectivity index (χ1v) is 13.2. The molecule has 3 atom stereocenters. The van der Waals surface area contributed by atoms with Crippen molar-refractivity contribution in [2.75, 3.05) is 31.6 Å². The fourth-order valence-electron chi connectivity index (χ4n) is 4.85. The van der Waals surface area contributed by atoms with Crippen molar-refractivity contribution in [3.05, 3.63) is 70.1 Å². The van der Waals surface area contributed by atoms with Gasteiger partial charge in [0.15, 0.2) is 0 Å². The van der Waals surface area contributed by atoms with E-state index in [9.17, 15) is 9.59 Å². The highest BCUT2D eigenvalue weighted by molar-refractivity contribution is 8.04. The van der Waals surface area contributed by atoms with Crippen molar-refractivity contribution in [1.82, 2.24) is 10.2 Å². The highest BCUT2D eigenvalue weighted by Gasteiger charge is 2.42. The minimum absolute atomic E-state index is 0.0220. The average molecular weight is 498 g/mol. The van der Waals surface area contributed by atoms with E-state index in [1.54, 1.807) is 11.8 Å². The Kier molecular flexibility index (Phi) is 8.22. The number of halogens is 1. The largest absolute Gasteiger partial charge is 0.370 e. The Morgan fingerprint density at radius 1 is 1.21 bits per heavy atom. The van der Waals surface area contributed by atoms with Gasteiger partial charge in [-0.2, -0.15) is 0 Å². The van der Waals surface area contributed by atoms with Gasteiger partial charge in [0.05, 0.1) is 4.91 Å². The monoisotopic (exact) mass is 497 g/mol. The predicted octanol–water partition coefficient (Wildman–Crippen LogP) is 5.07. The number of carbonyl (C=O) groups is 2. The van der Waals surface area contributed by atoms with Gasteiger partial charge < -0.3 is 15.1 Å². The molecule has 2 aromatic rings. The van der Waals surface area contributed by atoms with E-state index >= 15 is 0 Å². The lowest BCUT2D eigenvalue weighted by Crippen LogP contribution is -2.52. The summed E-state index contributed by atoms with van der Waals surface area (Å²) >= 11 is 7.76. The van der Waals surface area contributed by atoms with Gasteiger partial charge in [-0.1, -0.05) is 41.9 Å². The Bertz CT molecular complexity index is 1050. The van der Waals surface area contributed by atoms with Gasteiger partial charge in [0.1, 0.15) is 0 Å². The molecule has 1 saturated carbocycles. The van der Waals surface area contributed by atoms with Crippen LogP contribution in [0.25, 0.3) is 6.08 Å². The van der Waals surface area contributed by atoms with Crippen LogP contribution < -0.4 is 10.2 Å². The molecule has 1 N–H and O–H groups in total.